The lowest BCUT2D eigenvalue weighted by Crippen LogP contribution is -1.97. The van der Waals surface area contributed by atoms with Crippen LogP contribution >= 0.6 is 0 Å². The van der Waals surface area contributed by atoms with E-state index < -0.39 is 0 Å². The van der Waals surface area contributed by atoms with Crippen LogP contribution in [0.4, 0.5) is 0 Å². The molecule has 2 nitrogen and oxygen atoms in total. The van der Waals surface area contributed by atoms with Gasteiger partial charge >= 0.3 is 0 Å². The smallest absolute Gasteiger partial charge is 0.0466 e. The van der Waals surface area contributed by atoms with Gasteiger partial charge < -0.3 is 9.84 Å². The maximum absolute atomic E-state index is 8.68. The number of ether oxygens (including phenoxy) is 1. The van der Waals surface area contributed by atoms with Crippen LogP contribution in [-0.4, -0.2) is 24.9 Å². The van der Waals surface area contributed by atoms with Crippen LogP contribution in [0.25, 0.3) is 0 Å². The first-order chi connectivity index (χ1) is 12.4. The van der Waals surface area contributed by atoms with Gasteiger partial charge in [0.15, 0.2) is 0 Å². The normalized spacial score (nSPS) is 11.3. The van der Waals surface area contributed by atoms with Crippen LogP contribution in [0.1, 0.15) is 129 Å². The van der Waals surface area contributed by atoms with Gasteiger partial charge in [-0.25, -0.2) is 0 Å². The number of hydrogen-bond donors (Lipinski definition) is 1. The third-order valence-electron chi connectivity index (χ3n) is 5.09. The average Bonchev–Trinajstić information content (AvgIpc) is 2.63. The van der Waals surface area contributed by atoms with Crippen molar-refractivity contribution in [1.82, 2.24) is 0 Å². The Balaban J connectivity index is 2.94. The molecule has 0 aromatic heterocycles. The van der Waals surface area contributed by atoms with E-state index >= 15 is 0 Å². The maximum atomic E-state index is 8.68. The largest absolute Gasteiger partial charge is 0.396 e. The van der Waals surface area contributed by atoms with Crippen LogP contribution < -0.4 is 0 Å². The van der Waals surface area contributed by atoms with Crippen LogP contribution in [0.2, 0.25) is 0 Å². The lowest BCUT2D eigenvalue weighted by atomic mass is 10.0. The number of rotatable bonds is 22. The summed E-state index contributed by atoms with van der Waals surface area (Å²) in [5, 5.41) is 8.68. The molecule has 0 aromatic rings. The molecule has 0 aromatic carbocycles. The van der Waals surface area contributed by atoms with Crippen LogP contribution in [0, 0.1) is 0 Å². The molecule has 25 heavy (non-hydrogen) atoms. The van der Waals surface area contributed by atoms with E-state index in [2.05, 4.69) is 6.92 Å². The molecular weight excluding hydrogens is 308 g/mol. The highest BCUT2D eigenvalue weighted by Crippen LogP contribution is 2.13. The summed E-state index contributed by atoms with van der Waals surface area (Å²) in [4.78, 5) is 0. The van der Waals surface area contributed by atoms with Crippen LogP contribution in [-0.2, 0) is 4.74 Å². The third-order valence-corrected chi connectivity index (χ3v) is 5.09. The second-order valence-electron chi connectivity index (χ2n) is 7.70. The summed E-state index contributed by atoms with van der Waals surface area (Å²) in [5.74, 6) is 0. The number of aliphatic hydroxyl groups is 1. The predicted molar refractivity (Wildman–Crippen MR) is 111 cm³/mol. The summed E-state index contributed by atoms with van der Waals surface area (Å²) in [6.45, 7) is 4.41. The van der Waals surface area contributed by atoms with Crippen molar-refractivity contribution >= 4 is 0 Å². The van der Waals surface area contributed by atoms with Crippen molar-refractivity contribution in [2.45, 2.75) is 129 Å². The molecule has 0 atom stereocenters. The molecular formula is C23H48O2. The molecule has 0 aliphatic carbocycles. The zero-order chi connectivity index (χ0) is 18.3. The molecule has 1 N–H and O–H groups in total. The first-order valence-corrected chi connectivity index (χ1v) is 11.6. The van der Waals surface area contributed by atoms with E-state index in [4.69, 9.17) is 9.84 Å². The van der Waals surface area contributed by atoms with Crippen molar-refractivity contribution in [2.24, 2.45) is 0 Å². The Bertz CT molecular complexity index is 196. The zero-order valence-electron chi connectivity index (χ0n) is 17.4. The highest BCUT2D eigenvalue weighted by molar-refractivity contribution is 4.50. The standard InChI is InChI=1S/C23H48O2/c1-2-3-4-5-6-7-8-9-10-11-12-13-14-15-16-19-22-25-23-20-17-18-21-24/h24H,2-23H2,1H3. The third kappa shape index (κ3) is 23.9. The molecule has 0 rings (SSSR count). The SMILES string of the molecule is CCCCCCCCCCCCCCCCCCOCCCCCO. The van der Waals surface area contributed by atoms with Gasteiger partial charge in [-0.15, -0.1) is 0 Å². The molecule has 0 heterocycles. The van der Waals surface area contributed by atoms with Gasteiger partial charge in [-0.3, -0.25) is 0 Å². The Hall–Kier alpha value is -0.0800. The topological polar surface area (TPSA) is 29.5 Å². The number of aliphatic hydroxyl groups excluding tert-OH is 1. The number of unbranched alkanes of at least 4 members (excludes halogenated alkanes) is 17. The lowest BCUT2D eigenvalue weighted by molar-refractivity contribution is 0.124. The van der Waals surface area contributed by atoms with Gasteiger partial charge in [0, 0.05) is 19.8 Å². The summed E-state index contributed by atoms with van der Waals surface area (Å²) < 4.78 is 5.62. The van der Waals surface area contributed by atoms with E-state index in [1.165, 1.54) is 103 Å². The first kappa shape index (κ1) is 24.9. The monoisotopic (exact) mass is 356 g/mol. The minimum absolute atomic E-state index is 0.319. The highest BCUT2D eigenvalue weighted by atomic mass is 16.5. The van der Waals surface area contributed by atoms with Gasteiger partial charge in [0.25, 0.3) is 0 Å². The van der Waals surface area contributed by atoms with Gasteiger partial charge in [0.1, 0.15) is 0 Å². The van der Waals surface area contributed by atoms with Crippen LogP contribution in [0.3, 0.4) is 0 Å². The fourth-order valence-corrected chi connectivity index (χ4v) is 3.35. The van der Waals surface area contributed by atoms with Crippen molar-refractivity contribution < 1.29 is 9.84 Å². The molecule has 0 spiro atoms. The summed E-state index contributed by atoms with van der Waals surface area (Å²) in [6.07, 6.45) is 25.8. The molecule has 0 saturated heterocycles. The Morgan fingerprint density at radius 3 is 1.12 bits per heavy atom. The molecule has 0 fully saturated rings. The van der Waals surface area contributed by atoms with Crippen molar-refractivity contribution in [3.63, 3.8) is 0 Å². The van der Waals surface area contributed by atoms with Crippen molar-refractivity contribution in [3.05, 3.63) is 0 Å². The van der Waals surface area contributed by atoms with E-state index in [1.54, 1.807) is 0 Å². The lowest BCUT2D eigenvalue weighted by Gasteiger charge is -2.05. The van der Waals surface area contributed by atoms with E-state index in [0.717, 1.165) is 32.5 Å². The first-order valence-electron chi connectivity index (χ1n) is 11.6. The molecule has 0 saturated carbocycles. The van der Waals surface area contributed by atoms with Gasteiger partial charge in [-0.2, -0.15) is 0 Å². The second-order valence-corrected chi connectivity index (χ2v) is 7.70. The molecule has 0 aliphatic heterocycles. The number of hydrogen-bond acceptors (Lipinski definition) is 2. The zero-order valence-corrected chi connectivity index (χ0v) is 17.4. The Morgan fingerprint density at radius 2 is 0.760 bits per heavy atom. The molecule has 0 radical (unpaired) electrons. The highest BCUT2D eigenvalue weighted by Gasteiger charge is 1.95. The summed E-state index contributed by atoms with van der Waals surface area (Å²) in [6, 6.07) is 0. The second kappa shape index (κ2) is 23.9. The molecule has 0 bridgehead atoms. The summed E-state index contributed by atoms with van der Waals surface area (Å²) >= 11 is 0. The van der Waals surface area contributed by atoms with Crippen molar-refractivity contribution in [3.8, 4) is 0 Å². The van der Waals surface area contributed by atoms with Gasteiger partial charge in [0.2, 0.25) is 0 Å². The van der Waals surface area contributed by atoms with E-state index in [1.807, 2.05) is 0 Å². The minimum atomic E-state index is 0.319. The molecule has 0 unspecified atom stereocenters. The van der Waals surface area contributed by atoms with Crippen LogP contribution in [0.15, 0.2) is 0 Å². The Kier molecular flexibility index (Phi) is 23.8. The van der Waals surface area contributed by atoms with Crippen LogP contribution in [0.5, 0.6) is 0 Å². The fourth-order valence-electron chi connectivity index (χ4n) is 3.35. The Morgan fingerprint density at radius 1 is 0.440 bits per heavy atom. The summed E-state index contributed by atoms with van der Waals surface area (Å²) in [5.41, 5.74) is 0. The molecule has 0 amide bonds. The maximum Gasteiger partial charge on any atom is 0.0466 e. The van der Waals surface area contributed by atoms with E-state index in [9.17, 15) is 0 Å². The molecule has 0 aliphatic rings. The van der Waals surface area contributed by atoms with Gasteiger partial charge in [-0.1, -0.05) is 103 Å². The van der Waals surface area contributed by atoms with Crippen molar-refractivity contribution in [1.29, 1.82) is 0 Å². The van der Waals surface area contributed by atoms with E-state index in [0.29, 0.717) is 6.61 Å². The predicted octanol–water partition coefficient (Wildman–Crippen LogP) is 7.43. The van der Waals surface area contributed by atoms with Gasteiger partial charge in [-0.05, 0) is 25.7 Å². The van der Waals surface area contributed by atoms with E-state index in [-0.39, 0.29) is 0 Å². The molecule has 152 valence electrons. The fraction of sp³-hybridized carbons (Fsp3) is 1.00. The van der Waals surface area contributed by atoms with Gasteiger partial charge in [0.05, 0.1) is 0 Å². The van der Waals surface area contributed by atoms with Crippen molar-refractivity contribution in [2.75, 3.05) is 19.8 Å². The molecule has 2 heteroatoms. The summed E-state index contributed by atoms with van der Waals surface area (Å²) in [7, 11) is 0. The Labute approximate surface area is 159 Å². The quantitative estimate of drug-likeness (QED) is 0.204. The minimum Gasteiger partial charge on any atom is -0.396 e. The average molecular weight is 357 g/mol.